The molecule has 2 aromatic heterocycles. The number of allylic oxidation sites excluding steroid dienone is 1. The third kappa shape index (κ3) is 4.61. The fourth-order valence-corrected chi connectivity index (χ4v) is 3.25. The van der Waals surface area contributed by atoms with Crippen LogP contribution in [0.3, 0.4) is 0 Å². The van der Waals surface area contributed by atoms with Crippen LogP contribution in [0.25, 0.3) is 6.08 Å². The lowest BCUT2D eigenvalue weighted by Gasteiger charge is -2.09. The zero-order valence-corrected chi connectivity index (χ0v) is 15.4. The van der Waals surface area contributed by atoms with Crippen LogP contribution in [0.1, 0.15) is 21.5 Å². The van der Waals surface area contributed by atoms with Crippen LogP contribution < -0.4 is 4.74 Å². The Morgan fingerprint density at radius 2 is 2.19 bits per heavy atom. The van der Waals surface area contributed by atoms with E-state index in [1.807, 2.05) is 42.5 Å². The molecule has 0 aliphatic carbocycles. The number of hydrogen-bond acceptors (Lipinski definition) is 5. The average Bonchev–Trinajstić information content (AvgIpc) is 3.12. The number of pyridine rings is 1. The van der Waals surface area contributed by atoms with Crippen molar-refractivity contribution in [2.75, 3.05) is 7.11 Å². The van der Waals surface area contributed by atoms with E-state index in [2.05, 4.69) is 10.1 Å². The Hall–Kier alpha value is -2.86. The molecule has 0 aliphatic heterocycles. The van der Waals surface area contributed by atoms with Gasteiger partial charge in [-0.3, -0.25) is 9.48 Å². The number of rotatable bonds is 7. The van der Waals surface area contributed by atoms with Gasteiger partial charge in [-0.15, -0.1) is 11.8 Å². The van der Waals surface area contributed by atoms with E-state index in [-0.39, 0.29) is 5.78 Å². The van der Waals surface area contributed by atoms with Crippen LogP contribution in [0.5, 0.6) is 5.75 Å². The maximum atomic E-state index is 12.2. The van der Waals surface area contributed by atoms with E-state index in [1.54, 1.807) is 55.3 Å². The van der Waals surface area contributed by atoms with Gasteiger partial charge in [0.05, 0.1) is 23.9 Å². The molecule has 0 unspecified atom stereocenters. The summed E-state index contributed by atoms with van der Waals surface area (Å²) in [5.74, 6) is 1.49. The standard InChI is InChI=1S/C20H19N3O2S/c1-23-13-17(12-22-23)18(24)8-6-15-7-9-19(25-2)16(11-15)14-26-20-5-3-4-10-21-20/h3-13H,14H2,1-2H3/b8-6+. The van der Waals surface area contributed by atoms with Gasteiger partial charge in [-0.1, -0.05) is 18.2 Å². The van der Waals surface area contributed by atoms with Gasteiger partial charge in [0.1, 0.15) is 5.75 Å². The zero-order chi connectivity index (χ0) is 18.4. The number of hydrogen-bond donors (Lipinski definition) is 0. The molecule has 3 aromatic rings. The summed E-state index contributed by atoms with van der Waals surface area (Å²) < 4.78 is 7.06. The molecule has 6 heteroatoms. The molecule has 0 saturated carbocycles. The topological polar surface area (TPSA) is 57.0 Å². The van der Waals surface area contributed by atoms with Crippen LogP contribution in [-0.2, 0) is 12.8 Å². The van der Waals surface area contributed by atoms with Crippen molar-refractivity contribution < 1.29 is 9.53 Å². The molecule has 5 nitrogen and oxygen atoms in total. The van der Waals surface area contributed by atoms with Crippen molar-refractivity contribution >= 4 is 23.6 Å². The maximum absolute atomic E-state index is 12.2. The summed E-state index contributed by atoms with van der Waals surface area (Å²) in [5.41, 5.74) is 2.57. The lowest BCUT2D eigenvalue weighted by atomic mass is 10.1. The molecular formula is C20H19N3O2S. The van der Waals surface area contributed by atoms with Gasteiger partial charge in [0.2, 0.25) is 0 Å². The fourth-order valence-electron chi connectivity index (χ4n) is 2.42. The Labute approximate surface area is 156 Å². The van der Waals surface area contributed by atoms with Crippen molar-refractivity contribution in [2.45, 2.75) is 10.8 Å². The van der Waals surface area contributed by atoms with E-state index < -0.39 is 0 Å². The van der Waals surface area contributed by atoms with Crippen LogP contribution in [0.2, 0.25) is 0 Å². The molecule has 3 rings (SSSR count). The van der Waals surface area contributed by atoms with Crippen molar-refractivity contribution in [3.8, 4) is 5.75 Å². The van der Waals surface area contributed by atoms with Crippen LogP contribution in [0, 0.1) is 0 Å². The molecule has 0 bridgehead atoms. The van der Waals surface area contributed by atoms with Crippen LogP contribution in [-0.4, -0.2) is 27.7 Å². The monoisotopic (exact) mass is 365 g/mol. The molecule has 26 heavy (non-hydrogen) atoms. The third-order valence-corrected chi connectivity index (χ3v) is 4.73. The largest absolute Gasteiger partial charge is 0.496 e. The summed E-state index contributed by atoms with van der Waals surface area (Å²) in [4.78, 5) is 16.5. The molecular weight excluding hydrogens is 346 g/mol. The number of ketones is 1. The highest BCUT2D eigenvalue weighted by molar-refractivity contribution is 7.98. The Morgan fingerprint density at radius 1 is 1.31 bits per heavy atom. The molecule has 0 spiro atoms. The van der Waals surface area contributed by atoms with Gasteiger partial charge < -0.3 is 4.74 Å². The normalized spacial score (nSPS) is 11.0. The second-order valence-electron chi connectivity index (χ2n) is 5.63. The molecule has 2 heterocycles. The minimum absolute atomic E-state index is 0.0710. The van der Waals surface area contributed by atoms with Gasteiger partial charge in [-0.25, -0.2) is 4.98 Å². The number of thioether (sulfide) groups is 1. The molecule has 0 aliphatic rings. The lowest BCUT2D eigenvalue weighted by Crippen LogP contribution is -1.93. The first-order chi connectivity index (χ1) is 12.7. The molecule has 0 fully saturated rings. The highest BCUT2D eigenvalue weighted by Gasteiger charge is 2.07. The first kappa shape index (κ1) is 17.9. The van der Waals surface area contributed by atoms with E-state index in [9.17, 15) is 4.79 Å². The number of carbonyl (C=O) groups is 1. The van der Waals surface area contributed by atoms with Crippen LogP contribution >= 0.6 is 11.8 Å². The second-order valence-corrected chi connectivity index (χ2v) is 6.62. The number of benzene rings is 1. The van der Waals surface area contributed by atoms with Gasteiger partial charge in [0.15, 0.2) is 5.78 Å². The molecule has 1 aromatic carbocycles. The number of methoxy groups -OCH3 is 1. The smallest absolute Gasteiger partial charge is 0.189 e. The number of nitrogens with zero attached hydrogens (tertiary/aromatic N) is 3. The number of aromatic nitrogens is 3. The van der Waals surface area contributed by atoms with Crippen molar-refractivity contribution in [3.05, 3.63) is 77.8 Å². The molecule has 0 N–H and O–H groups in total. The molecule has 0 atom stereocenters. The van der Waals surface area contributed by atoms with E-state index >= 15 is 0 Å². The van der Waals surface area contributed by atoms with E-state index in [1.165, 1.54) is 0 Å². The second kappa shape index (κ2) is 8.49. The number of ether oxygens (including phenoxy) is 1. The summed E-state index contributed by atoms with van der Waals surface area (Å²) in [6, 6.07) is 11.7. The Kier molecular flexibility index (Phi) is 5.86. The van der Waals surface area contributed by atoms with Gasteiger partial charge in [0, 0.05) is 30.8 Å². The number of carbonyl (C=O) groups excluding carboxylic acids is 1. The first-order valence-electron chi connectivity index (χ1n) is 8.07. The van der Waals surface area contributed by atoms with Crippen molar-refractivity contribution in [1.82, 2.24) is 14.8 Å². The minimum atomic E-state index is -0.0710. The quantitative estimate of drug-likeness (QED) is 0.360. The Morgan fingerprint density at radius 3 is 2.88 bits per heavy atom. The third-order valence-electron chi connectivity index (χ3n) is 3.73. The maximum Gasteiger partial charge on any atom is 0.189 e. The molecule has 0 amide bonds. The first-order valence-corrected chi connectivity index (χ1v) is 9.06. The highest BCUT2D eigenvalue weighted by atomic mass is 32.2. The van der Waals surface area contributed by atoms with Crippen molar-refractivity contribution in [2.24, 2.45) is 7.05 Å². The van der Waals surface area contributed by atoms with Crippen LogP contribution in [0.15, 0.2) is 66.1 Å². The van der Waals surface area contributed by atoms with Gasteiger partial charge in [-0.05, 0) is 35.9 Å². The molecule has 0 radical (unpaired) electrons. The molecule has 0 saturated heterocycles. The predicted molar refractivity (Wildman–Crippen MR) is 103 cm³/mol. The van der Waals surface area contributed by atoms with E-state index in [0.717, 1.165) is 27.7 Å². The van der Waals surface area contributed by atoms with Gasteiger partial charge in [-0.2, -0.15) is 5.10 Å². The summed E-state index contributed by atoms with van der Waals surface area (Å²) in [7, 11) is 3.45. The summed E-state index contributed by atoms with van der Waals surface area (Å²) >= 11 is 1.64. The number of aryl methyl sites for hydroxylation is 1. The fraction of sp³-hybridized carbons (Fsp3) is 0.150. The van der Waals surface area contributed by atoms with Gasteiger partial charge >= 0.3 is 0 Å². The SMILES string of the molecule is COc1ccc(/C=C/C(=O)c2cnn(C)c2)cc1CSc1ccccn1. The summed E-state index contributed by atoms with van der Waals surface area (Å²) in [6.07, 6.45) is 8.42. The zero-order valence-electron chi connectivity index (χ0n) is 14.6. The lowest BCUT2D eigenvalue weighted by molar-refractivity contribution is 0.104. The van der Waals surface area contributed by atoms with Crippen molar-refractivity contribution in [3.63, 3.8) is 0 Å². The molecule has 132 valence electrons. The van der Waals surface area contributed by atoms with Crippen LogP contribution in [0.4, 0.5) is 0 Å². The van der Waals surface area contributed by atoms with E-state index in [0.29, 0.717) is 5.56 Å². The Bertz CT molecular complexity index is 920. The predicted octanol–water partition coefficient (Wildman–Crippen LogP) is 4.01. The van der Waals surface area contributed by atoms with Crippen molar-refractivity contribution in [1.29, 1.82) is 0 Å². The summed E-state index contributed by atoms with van der Waals surface area (Å²) in [5, 5.41) is 4.98. The summed E-state index contributed by atoms with van der Waals surface area (Å²) in [6.45, 7) is 0. The van der Waals surface area contributed by atoms with Gasteiger partial charge in [0.25, 0.3) is 0 Å². The highest BCUT2D eigenvalue weighted by Crippen LogP contribution is 2.28. The Balaban J connectivity index is 1.74. The average molecular weight is 365 g/mol. The van der Waals surface area contributed by atoms with E-state index in [4.69, 9.17) is 4.74 Å². The minimum Gasteiger partial charge on any atom is -0.496 e.